The standard InChI is InChI=1S/C15H24N2OS/c1-19-13-15-4-2-14(3-5-15)12-17-8-6-16(7-9-17)10-11-18/h2-5,18H,6-13H2,1H3. The Morgan fingerprint density at radius 1 is 1.00 bits per heavy atom. The summed E-state index contributed by atoms with van der Waals surface area (Å²) < 4.78 is 0. The molecule has 19 heavy (non-hydrogen) atoms. The highest BCUT2D eigenvalue weighted by atomic mass is 32.2. The normalized spacial score (nSPS) is 17.8. The fourth-order valence-corrected chi connectivity index (χ4v) is 3.00. The summed E-state index contributed by atoms with van der Waals surface area (Å²) in [5.41, 5.74) is 2.81. The first-order valence-electron chi connectivity index (χ1n) is 6.94. The van der Waals surface area contributed by atoms with Crippen LogP contribution in [0.5, 0.6) is 0 Å². The molecule has 106 valence electrons. The maximum Gasteiger partial charge on any atom is 0.0558 e. The Morgan fingerprint density at radius 3 is 2.16 bits per heavy atom. The lowest BCUT2D eigenvalue weighted by Gasteiger charge is -2.34. The predicted octanol–water partition coefficient (Wildman–Crippen LogP) is 1.66. The number of hydrogen-bond acceptors (Lipinski definition) is 4. The van der Waals surface area contributed by atoms with E-state index in [1.165, 1.54) is 11.1 Å². The quantitative estimate of drug-likeness (QED) is 0.857. The van der Waals surface area contributed by atoms with Crippen LogP contribution in [0.3, 0.4) is 0 Å². The molecule has 0 unspecified atom stereocenters. The highest BCUT2D eigenvalue weighted by Gasteiger charge is 2.16. The number of piperazine rings is 1. The summed E-state index contributed by atoms with van der Waals surface area (Å²) in [5, 5.41) is 8.93. The topological polar surface area (TPSA) is 26.7 Å². The van der Waals surface area contributed by atoms with E-state index in [9.17, 15) is 0 Å². The summed E-state index contributed by atoms with van der Waals surface area (Å²) in [6.45, 7) is 6.50. The second-order valence-corrected chi connectivity index (χ2v) is 5.96. The first kappa shape index (κ1) is 14.9. The molecular weight excluding hydrogens is 256 g/mol. The van der Waals surface area contributed by atoms with E-state index in [1.54, 1.807) is 0 Å². The summed E-state index contributed by atoms with van der Waals surface area (Å²) in [4.78, 5) is 4.83. The lowest BCUT2D eigenvalue weighted by atomic mass is 10.1. The van der Waals surface area contributed by atoms with Gasteiger partial charge in [0.25, 0.3) is 0 Å². The van der Waals surface area contributed by atoms with E-state index < -0.39 is 0 Å². The van der Waals surface area contributed by atoms with Crippen LogP contribution in [0.2, 0.25) is 0 Å². The maximum absolute atomic E-state index is 8.93. The van der Waals surface area contributed by atoms with E-state index in [0.717, 1.165) is 45.0 Å². The van der Waals surface area contributed by atoms with Crippen LogP contribution in [-0.2, 0) is 12.3 Å². The molecule has 3 nitrogen and oxygen atoms in total. The third kappa shape index (κ3) is 4.80. The van der Waals surface area contributed by atoms with Crippen molar-refractivity contribution >= 4 is 11.8 Å². The second kappa shape index (κ2) is 7.90. The van der Waals surface area contributed by atoms with Crippen LogP contribution < -0.4 is 0 Å². The Morgan fingerprint density at radius 2 is 1.58 bits per heavy atom. The summed E-state index contributed by atoms with van der Waals surface area (Å²) in [5.74, 6) is 1.10. The Hall–Kier alpha value is -0.550. The van der Waals surface area contributed by atoms with Gasteiger partial charge in [-0.15, -0.1) is 0 Å². The monoisotopic (exact) mass is 280 g/mol. The van der Waals surface area contributed by atoms with Crippen molar-refractivity contribution in [1.29, 1.82) is 0 Å². The molecule has 0 amide bonds. The number of hydrogen-bond donors (Lipinski definition) is 1. The van der Waals surface area contributed by atoms with Crippen molar-refractivity contribution in [3.05, 3.63) is 35.4 Å². The lowest BCUT2D eigenvalue weighted by molar-refractivity contribution is 0.108. The van der Waals surface area contributed by atoms with Crippen LogP contribution in [0.4, 0.5) is 0 Å². The second-order valence-electron chi connectivity index (χ2n) is 5.09. The van der Waals surface area contributed by atoms with Gasteiger partial charge < -0.3 is 5.11 Å². The SMILES string of the molecule is CSCc1ccc(CN2CCN(CCO)CC2)cc1. The molecule has 0 aromatic heterocycles. The molecule has 1 saturated heterocycles. The van der Waals surface area contributed by atoms with Gasteiger partial charge in [-0.1, -0.05) is 24.3 Å². The number of rotatable bonds is 6. The lowest BCUT2D eigenvalue weighted by Crippen LogP contribution is -2.46. The molecule has 1 aliphatic heterocycles. The zero-order chi connectivity index (χ0) is 13.5. The van der Waals surface area contributed by atoms with Gasteiger partial charge >= 0.3 is 0 Å². The highest BCUT2D eigenvalue weighted by molar-refractivity contribution is 7.97. The van der Waals surface area contributed by atoms with E-state index in [4.69, 9.17) is 5.11 Å². The van der Waals surface area contributed by atoms with Crippen molar-refractivity contribution in [1.82, 2.24) is 9.80 Å². The summed E-state index contributed by atoms with van der Waals surface area (Å²) >= 11 is 1.86. The Bertz CT molecular complexity index is 361. The van der Waals surface area contributed by atoms with Crippen LogP contribution >= 0.6 is 11.8 Å². The molecule has 4 heteroatoms. The first-order chi connectivity index (χ1) is 9.31. The van der Waals surface area contributed by atoms with E-state index in [-0.39, 0.29) is 6.61 Å². The smallest absolute Gasteiger partial charge is 0.0558 e. The van der Waals surface area contributed by atoms with Crippen LogP contribution in [0.15, 0.2) is 24.3 Å². The van der Waals surface area contributed by atoms with Crippen LogP contribution in [0.25, 0.3) is 0 Å². The molecule has 0 spiro atoms. The van der Waals surface area contributed by atoms with Gasteiger partial charge in [-0.2, -0.15) is 11.8 Å². The number of thioether (sulfide) groups is 1. The molecule has 0 bridgehead atoms. The molecule has 1 aromatic carbocycles. The van der Waals surface area contributed by atoms with Gasteiger partial charge in [-0.25, -0.2) is 0 Å². The molecule has 0 atom stereocenters. The van der Waals surface area contributed by atoms with Crippen LogP contribution in [0, 0.1) is 0 Å². The van der Waals surface area contributed by atoms with Crippen molar-refractivity contribution in [2.24, 2.45) is 0 Å². The Kier molecular flexibility index (Phi) is 6.17. The number of aliphatic hydroxyl groups is 1. The van der Waals surface area contributed by atoms with Crippen molar-refractivity contribution in [3.63, 3.8) is 0 Å². The molecule has 1 aliphatic rings. The Labute approximate surface area is 120 Å². The molecule has 1 heterocycles. The third-order valence-electron chi connectivity index (χ3n) is 3.62. The summed E-state index contributed by atoms with van der Waals surface area (Å²) in [7, 11) is 0. The van der Waals surface area contributed by atoms with Gasteiger partial charge in [-0.3, -0.25) is 9.80 Å². The van der Waals surface area contributed by atoms with Crippen molar-refractivity contribution < 1.29 is 5.11 Å². The highest BCUT2D eigenvalue weighted by Crippen LogP contribution is 2.13. The number of nitrogens with zero attached hydrogens (tertiary/aromatic N) is 2. The van der Waals surface area contributed by atoms with Gasteiger partial charge in [0.15, 0.2) is 0 Å². The predicted molar refractivity (Wildman–Crippen MR) is 82.5 cm³/mol. The van der Waals surface area contributed by atoms with Crippen LogP contribution in [0.1, 0.15) is 11.1 Å². The molecule has 2 rings (SSSR count). The van der Waals surface area contributed by atoms with Gasteiger partial charge in [-0.05, 0) is 17.4 Å². The summed E-state index contributed by atoms with van der Waals surface area (Å²) in [6.07, 6.45) is 2.14. The third-order valence-corrected chi connectivity index (χ3v) is 4.24. The van der Waals surface area contributed by atoms with E-state index in [1.807, 2.05) is 11.8 Å². The van der Waals surface area contributed by atoms with Gasteiger partial charge in [0.2, 0.25) is 0 Å². The van der Waals surface area contributed by atoms with E-state index >= 15 is 0 Å². The summed E-state index contributed by atoms with van der Waals surface area (Å²) in [6, 6.07) is 9.00. The molecule has 1 fully saturated rings. The largest absolute Gasteiger partial charge is 0.395 e. The molecule has 0 aliphatic carbocycles. The van der Waals surface area contributed by atoms with Gasteiger partial charge in [0.1, 0.15) is 0 Å². The van der Waals surface area contributed by atoms with Crippen molar-refractivity contribution in [2.75, 3.05) is 45.6 Å². The van der Waals surface area contributed by atoms with E-state index in [2.05, 4.69) is 40.3 Å². The van der Waals surface area contributed by atoms with Crippen LogP contribution in [-0.4, -0.2) is 60.5 Å². The fourth-order valence-electron chi connectivity index (χ4n) is 2.48. The van der Waals surface area contributed by atoms with Crippen molar-refractivity contribution in [3.8, 4) is 0 Å². The zero-order valence-corrected chi connectivity index (χ0v) is 12.5. The molecule has 1 aromatic rings. The van der Waals surface area contributed by atoms with Gasteiger partial charge in [0.05, 0.1) is 6.61 Å². The average Bonchev–Trinajstić information content (AvgIpc) is 2.44. The molecule has 0 saturated carbocycles. The van der Waals surface area contributed by atoms with Crippen molar-refractivity contribution in [2.45, 2.75) is 12.3 Å². The molecule has 1 N–H and O–H groups in total. The molecular formula is C15H24N2OS. The average molecular weight is 280 g/mol. The minimum Gasteiger partial charge on any atom is -0.395 e. The number of β-amino-alcohol motifs (C(OH)–C–C–N with tert-alkyl or cyclic N) is 1. The maximum atomic E-state index is 8.93. The number of benzene rings is 1. The van der Waals surface area contributed by atoms with Gasteiger partial charge in [0, 0.05) is 45.0 Å². The minimum absolute atomic E-state index is 0.275. The first-order valence-corrected chi connectivity index (χ1v) is 8.33. The van der Waals surface area contributed by atoms with E-state index in [0.29, 0.717) is 0 Å². The molecule has 0 radical (unpaired) electrons. The zero-order valence-electron chi connectivity index (χ0n) is 11.7. The minimum atomic E-state index is 0.275. The Balaban J connectivity index is 1.78. The fraction of sp³-hybridized carbons (Fsp3) is 0.600. The number of aliphatic hydroxyl groups excluding tert-OH is 1.